The maximum atomic E-state index is 11.3. The molecule has 0 fully saturated rings. The Morgan fingerprint density at radius 2 is 1.85 bits per heavy atom. The molecule has 2 aromatic carbocycles. The van der Waals surface area contributed by atoms with Crippen LogP contribution in [0.15, 0.2) is 42.5 Å². The first-order valence-electron chi connectivity index (χ1n) is 9.15. The van der Waals surface area contributed by atoms with Gasteiger partial charge in [-0.15, -0.1) is 11.6 Å². The van der Waals surface area contributed by atoms with Gasteiger partial charge in [-0.05, 0) is 60.1 Å². The highest BCUT2D eigenvalue weighted by Gasteiger charge is 2.07. The van der Waals surface area contributed by atoms with Crippen molar-refractivity contribution in [2.45, 2.75) is 39.0 Å². The number of halogens is 1. The summed E-state index contributed by atoms with van der Waals surface area (Å²) in [6, 6.07) is 14.7. The predicted octanol–water partition coefficient (Wildman–Crippen LogP) is 5.42. The van der Waals surface area contributed by atoms with E-state index in [1.54, 1.807) is 0 Å². The van der Waals surface area contributed by atoms with Crippen LogP contribution in [0.3, 0.4) is 0 Å². The number of hydrogen-bond donors (Lipinski definition) is 0. The van der Waals surface area contributed by atoms with Crippen molar-refractivity contribution in [2.24, 2.45) is 0 Å². The minimum Gasteiger partial charge on any atom is -0.494 e. The summed E-state index contributed by atoms with van der Waals surface area (Å²) in [4.78, 5) is 11.3. The van der Waals surface area contributed by atoms with Crippen molar-refractivity contribution in [2.75, 3.05) is 19.6 Å². The Kier molecular flexibility index (Phi) is 8.49. The molecule has 0 atom stereocenters. The van der Waals surface area contributed by atoms with Crippen LogP contribution in [0.5, 0.6) is 5.75 Å². The van der Waals surface area contributed by atoms with Gasteiger partial charge in [0, 0.05) is 12.3 Å². The number of carbonyl (C=O) groups is 1. The number of ether oxygens (including phenoxy) is 2. The minimum atomic E-state index is -0.177. The molecule has 0 saturated carbocycles. The van der Waals surface area contributed by atoms with Crippen LogP contribution in [-0.2, 0) is 22.4 Å². The second kappa shape index (κ2) is 10.9. The van der Waals surface area contributed by atoms with E-state index in [0.29, 0.717) is 25.3 Å². The summed E-state index contributed by atoms with van der Waals surface area (Å²) in [5.41, 5.74) is 4.80. The summed E-state index contributed by atoms with van der Waals surface area (Å²) in [6.45, 7) is 2.85. The summed E-state index contributed by atoms with van der Waals surface area (Å²) in [6.07, 6.45) is 4.00. The number of hydrogen-bond acceptors (Lipinski definition) is 3. The third kappa shape index (κ3) is 6.06. The Morgan fingerprint density at radius 3 is 2.50 bits per heavy atom. The standard InChI is InChI=1S/C22H27ClO3/c1-3-18-16-20(26-15-5-4-14-23)11-12-21(18)19-9-6-17(7-10-19)8-13-22(24)25-2/h6-7,9-12,16H,3-5,8,13-15H2,1-2H3. The van der Waals surface area contributed by atoms with Gasteiger partial charge in [-0.2, -0.15) is 0 Å². The van der Waals surface area contributed by atoms with Gasteiger partial charge in [0.25, 0.3) is 0 Å². The van der Waals surface area contributed by atoms with Gasteiger partial charge in [-0.3, -0.25) is 4.79 Å². The number of esters is 1. The molecule has 0 radical (unpaired) electrons. The lowest BCUT2D eigenvalue weighted by molar-refractivity contribution is -0.140. The summed E-state index contributed by atoms with van der Waals surface area (Å²) in [5.74, 6) is 1.41. The highest BCUT2D eigenvalue weighted by molar-refractivity contribution is 6.17. The van der Waals surface area contributed by atoms with E-state index in [4.69, 9.17) is 21.1 Å². The quantitative estimate of drug-likeness (QED) is 0.316. The lowest BCUT2D eigenvalue weighted by Gasteiger charge is -2.12. The third-order valence-corrected chi connectivity index (χ3v) is 4.63. The first-order valence-corrected chi connectivity index (χ1v) is 9.69. The Balaban J connectivity index is 2.06. The van der Waals surface area contributed by atoms with E-state index in [2.05, 4.69) is 43.3 Å². The molecule has 0 spiro atoms. The molecule has 26 heavy (non-hydrogen) atoms. The van der Waals surface area contributed by atoms with Gasteiger partial charge < -0.3 is 9.47 Å². The molecule has 0 aromatic heterocycles. The van der Waals surface area contributed by atoms with Gasteiger partial charge in [0.15, 0.2) is 0 Å². The van der Waals surface area contributed by atoms with E-state index in [-0.39, 0.29) is 5.97 Å². The van der Waals surface area contributed by atoms with Crippen molar-refractivity contribution < 1.29 is 14.3 Å². The first-order chi connectivity index (χ1) is 12.7. The molecule has 0 aliphatic heterocycles. The van der Waals surface area contributed by atoms with Crippen LogP contribution in [0.2, 0.25) is 0 Å². The van der Waals surface area contributed by atoms with Crippen LogP contribution in [-0.4, -0.2) is 25.6 Å². The Hall–Kier alpha value is -2.00. The van der Waals surface area contributed by atoms with Crippen LogP contribution < -0.4 is 4.74 Å². The number of alkyl halides is 1. The Morgan fingerprint density at radius 1 is 1.08 bits per heavy atom. The summed E-state index contributed by atoms with van der Waals surface area (Å²) >= 11 is 5.69. The molecule has 0 aliphatic rings. The van der Waals surface area contributed by atoms with Crippen LogP contribution in [0.1, 0.15) is 37.3 Å². The maximum Gasteiger partial charge on any atom is 0.305 e. The van der Waals surface area contributed by atoms with E-state index in [1.165, 1.54) is 23.8 Å². The van der Waals surface area contributed by atoms with Gasteiger partial charge in [0.2, 0.25) is 0 Å². The van der Waals surface area contributed by atoms with Gasteiger partial charge in [-0.1, -0.05) is 37.3 Å². The average molecular weight is 375 g/mol. The molecular weight excluding hydrogens is 348 g/mol. The number of unbranched alkanes of at least 4 members (excludes halogenated alkanes) is 1. The van der Waals surface area contributed by atoms with Gasteiger partial charge in [-0.25, -0.2) is 0 Å². The molecule has 140 valence electrons. The third-order valence-electron chi connectivity index (χ3n) is 4.36. The molecule has 0 bridgehead atoms. The van der Waals surface area contributed by atoms with Crippen LogP contribution in [0, 0.1) is 0 Å². The zero-order chi connectivity index (χ0) is 18.8. The predicted molar refractivity (Wildman–Crippen MR) is 107 cm³/mol. The second-order valence-electron chi connectivity index (χ2n) is 6.19. The van der Waals surface area contributed by atoms with Crippen LogP contribution in [0.4, 0.5) is 0 Å². The molecule has 4 heteroatoms. The number of rotatable bonds is 10. The average Bonchev–Trinajstić information content (AvgIpc) is 2.69. The van der Waals surface area contributed by atoms with Crippen molar-refractivity contribution in [1.82, 2.24) is 0 Å². The van der Waals surface area contributed by atoms with E-state index in [0.717, 1.165) is 30.6 Å². The molecule has 0 heterocycles. The largest absolute Gasteiger partial charge is 0.494 e. The molecule has 0 aliphatic carbocycles. The SMILES string of the molecule is CCc1cc(OCCCCCl)ccc1-c1ccc(CCC(=O)OC)cc1. The summed E-state index contributed by atoms with van der Waals surface area (Å²) in [7, 11) is 1.42. The van der Waals surface area contributed by atoms with Gasteiger partial charge in [0.1, 0.15) is 5.75 Å². The van der Waals surface area contributed by atoms with Crippen molar-refractivity contribution in [3.63, 3.8) is 0 Å². The fourth-order valence-corrected chi connectivity index (χ4v) is 3.01. The van der Waals surface area contributed by atoms with Gasteiger partial charge >= 0.3 is 5.97 Å². The molecule has 0 unspecified atom stereocenters. The lowest BCUT2D eigenvalue weighted by Crippen LogP contribution is -2.01. The van der Waals surface area contributed by atoms with Gasteiger partial charge in [0.05, 0.1) is 13.7 Å². The van der Waals surface area contributed by atoms with E-state index in [9.17, 15) is 4.79 Å². The van der Waals surface area contributed by atoms with Crippen LogP contribution in [0.25, 0.3) is 11.1 Å². The second-order valence-corrected chi connectivity index (χ2v) is 6.57. The summed E-state index contributed by atoms with van der Waals surface area (Å²) in [5, 5.41) is 0. The maximum absolute atomic E-state index is 11.3. The van der Waals surface area contributed by atoms with Crippen molar-refractivity contribution in [1.29, 1.82) is 0 Å². The van der Waals surface area contributed by atoms with Crippen LogP contribution >= 0.6 is 11.6 Å². The molecular formula is C22H27ClO3. The van der Waals surface area contributed by atoms with E-state index in [1.807, 2.05) is 6.07 Å². The molecule has 0 saturated heterocycles. The van der Waals surface area contributed by atoms with Crippen molar-refractivity contribution in [3.8, 4) is 16.9 Å². The number of aryl methyl sites for hydroxylation is 2. The first kappa shape index (κ1) is 20.3. The van der Waals surface area contributed by atoms with E-state index >= 15 is 0 Å². The number of carbonyl (C=O) groups excluding carboxylic acids is 1. The highest BCUT2D eigenvalue weighted by Crippen LogP contribution is 2.28. The highest BCUT2D eigenvalue weighted by atomic mass is 35.5. The molecule has 2 aromatic rings. The zero-order valence-electron chi connectivity index (χ0n) is 15.6. The molecule has 2 rings (SSSR count). The fourth-order valence-electron chi connectivity index (χ4n) is 2.82. The van der Waals surface area contributed by atoms with Crippen molar-refractivity contribution in [3.05, 3.63) is 53.6 Å². The molecule has 0 amide bonds. The normalized spacial score (nSPS) is 10.6. The topological polar surface area (TPSA) is 35.5 Å². The minimum absolute atomic E-state index is 0.177. The summed E-state index contributed by atoms with van der Waals surface area (Å²) < 4.78 is 10.5. The zero-order valence-corrected chi connectivity index (χ0v) is 16.3. The molecule has 3 nitrogen and oxygen atoms in total. The Bertz CT molecular complexity index is 695. The number of benzene rings is 2. The van der Waals surface area contributed by atoms with Crippen molar-refractivity contribution >= 4 is 17.6 Å². The lowest BCUT2D eigenvalue weighted by atomic mass is 9.96. The monoisotopic (exact) mass is 374 g/mol. The smallest absolute Gasteiger partial charge is 0.305 e. The Labute approximate surface area is 161 Å². The molecule has 0 N–H and O–H groups in total. The fraction of sp³-hybridized carbons (Fsp3) is 0.409. The number of methoxy groups -OCH3 is 1. The van der Waals surface area contributed by atoms with E-state index < -0.39 is 0 Å².